The number of benzene rings is 1. The number of nitrogens with zero attached hydrogens (tertiary/aromatic N) is 3. The number of amides is 3. The van der Waals surface area contributed by atoms with Crippen molar-refractivity contribution in [1.29, 1.82) is 0 Å². The van der Waals surface area contributed by atoms with Crippen LogP contribution in [0, 0.1) is 12.8 Å². The van der Waals surface area contributed by atoms with Crippen molar-refractivity contribution in [1.82, 2.24) is 15.1 Å². The molecular formula is C21H28N4O3. The molecule has 7 heteroatoms. The van der Waals surface area contributed by atoms with Gasteiger partial charge in [-0.15, -0.1) is 0 Å². The Morgan fingerprint density at radius 3 is 2.61 bits per heavy atom. The topological polar surface area (TPSA) is 73.0 Å². The van der Waals surface area contributed by atoms with Crippen molar-refractivity contribution in [2.24, 2.45) is 5.92 Å². The van der Waals surface area contributed by atoms with E-state index in [1.165, 1.54) is 0 Å². The van der Waals surface area contributed by atoms with Gasteiger partial charge in [-0.05, 0) is 31.9 Å². The monoisotopic (exact) mass is 384 g/mol. The predicted molar refractivity (Wildman–Crippen MR) is 106 cm³/mol. The number of hydrogen-bond acceptors (Lipinski definition) is 4. The average molecular weight is 384 g/mol. The fraction of sp³-hybridized carbons (Fsp3) is 0.571. The molecule has 150 valence electrons. The molecule has 2 atom stereocenters. The van der Waals surface area contributed by atoms with Gasteiger partial charge >= 0.3 is 0 Å². The zero-order valence-electron chi connectivity index (χ0n) is 16.4. The Morgan fingerprint density at radius 1 is 1.07 bits per heavy atom. The van der Waals surface area contributed by atoms with Crippen molar-refractivity contribution in [3.05, 3.63) is 29.8 Å². The van der Waals surface area contributed by atoms with Gasteiger partial charge in [0.05, 0.1) is 12.5 Å². The highest BCUT2D eigenvalue weighted by Crippen LogP contribution is 2.28. The summed E-state index contributed by atoms with van der Waals surface area (Å²) < 4.78 is 0. The Balaban J connectivity index is 1.40. The van der Waals surface area contributed by atoms with Crippen LogP contribution >= 0.6 is 0 Å². The number of likely N-dealkylation sites (tertiary alicyclic amines) is 1. The van der Waals surface area contributed by atoms with Crippen molar-refractivity contribution in [3.8, 4) is 0 Å². The first kappa shape index (κ1) is 18.9. The highest BCUT2D eigenvalue weighted by atomic mass is 16.2. The molecule has 4 rings (SSSR count). The number of piperidine rings is 1. The summed E-state index contributed by atoms with van der Waals surface area (Å²) in [6, 6.07) is 7.94. The summed E-state index contributed by atoms with van der Waals surface area (Å²) in [4.78, 5) is 43.4. The third-order valence-corrected chi connectivity index (χ3v) is 6.09. The van der Waals surface area contributed by atoms with E-state index in [2.05, 4.69) is 5.32 Å². The van der Waals surface area contributed by atoms with Gasteiger partial charge in [-0.25, -0.2) is 0 Å². The first-order valence-corrected chi connectivity index (χ1v) is 10.2. The number of aryl methyl sites for hydroxylation is 1. The predicted octanol–water partition coefficient (Wildman–Crippen LogP) is 0.771. The van der Waals surface area contributed by atoms with E-state index >= 15 is 0 Å². The molecule has 1 aromatic carbocycles. The molecule has 0 aromatic heterocycles. The van der Waals surface area contributed by atoms with E-state index in [0.29, 0.717) is 32.7 Å². The standard InChI is InChI=1S/C21H28N4O3/c1-15-4-6-17(7-5-15)25-13-16(11-19(25)26)21(28)23-9-2-3-18(14-23)24-10-8-22-12-20(24)27/h4-7,16,18,22H,2-3,8-14H2,1H3. The molecule has 3 aliphatic rings. The van der Waals surface area contributed by atoms with Gasteiger partial charge in [0.15, 0.2) is 0 Å². The Bertz CT molecular complexity index is 763. The Labute approximate surface area is 165 Å². The molecule has 2 unspecified atom stereocenters. The molecule has 3 aliphatic heterocycles. The lowest BCUT2D eigenvalue weighted by atomic mass is 10.00. The Morgan fingerprint density at radius 2 is 1.86 bits per heavy atom. The number of piperazine rings is 1. The van der Waals surface area contributed by atoms with Gasteiger partial charge < -0.3 is 20.0 Å². The number of hydrogen-bond donors (Lipinski definition) is 1. The SMILES string of the molecule is Cc1ccc(N2CC(C(=O)N3CCCC(N4CCNCC4=O)C3)CC2=O)cc1. The highest BCUT2D eigenvalue weighted by Gasteiger charge is 2.39. The summed E-state index contributed by atoms with van der Waals surface area (Å²) in [6.45, 7) is 5.64. The summed E-state index contributed by atoms with van der Waals surface area (Å²) >= 11 is 0. The quantitative estimate of drug-likeness (QED) is 0.836. The smallest absolute Gasteiger partial charge is 0.236 e. The van der Waals surface area contributed by atoms with E-state index in [-0.39, 0.29) is 36.1 Å². The van der Waals surface area contributed by atoms with Crippen LogP contribution in [0.15, 0.2) is 24.3 Å². The van der Waals surface area contributed by atoms with Crippen LogP contribution in [-0.4, -0.2) is 72.8 Å². The lowest BCUT2D eigenvalue weighted by Crippen LogP contribution is -2.58. The first-order valence-electron chi connectivity index (χ1n) is 10.2. The second-order valence-corrected chi connectivity index (χ2v) is 8.09. The summed E-state index contributed by atoms with van der Waals surface area (Å²) in [5.74, 6) is -0.123. The van der Waals surface area contributed by atoms with Gasteiger partial charge in [-0.2, -0.15) is 0 Å². The maximum absolute atomic E-state index is 13.1. The maximum Gasteiger partial charge on any atom is 0.236 e. The summed E-state index contributed by atoms with van der Waals surface area (Å²) in [5.41, 5.74) is 2.00. The van der Waals surface area contributed by atoms with Crippen LogP contribution < -0.4 is 10.2 Å². The molecule has 1 N–H and O–H groups in total. The van der Waals surface area contributed by atoms with Crippen molar-refractivity contribution in [3.63, 3.8) is 0 Å². The van der Waals surface area contributed by atoms with Gasteiger partial charge in [0.2, 0.25) is 17.7 Å². The lowest BCUT2D eigenvalue weighted by molar-refractivity contribution is -0.142. The zero-order valence-corrected chi connectivity index (χ0v) is 16.4. The number of rotatable bonds is 3. The van der Waals surface area contributed by atoms with E-state index in [1.54, 1.807) is 4.90 Å². The molecule has 0 aliphatic carbocycles. The van der Waals surface area contributed by atoms with Crippen molar-refractivity contribution >= 4 is 23.4 Å². The average Bonchev–Trinajstić information content (AvgIpc) is 3.10. The van der Waals surface area contributed by atoms with Gasteiger partial charge in [-0.1, -0.05) is 17.7 Å². The summed E-state index contributed by atoms with van der Waals surface area (Å²) in [5, 5.41) is 3.10. The van der Waals surface area contributed by atoms with Crippen LogP contribution in [-0.2, 0) is 14.4 Å². The molecule has 3 saturated heterocycles. The minimum atomic E-state index is -0.300. The van der Waals surface area contributed by atoms with Crippen LogP contribution in [0.1, 0.15) is 24.8 Å². The second-order valence-electron chi connectivity index (χ2n) is 8.09. The van der Waals surface area contributed by atoms with Crippen molar-refractivity contribution in [2.45, 2.75) is 32.2 Å². The summed E-state index contributed by atoms with van der Waals surface area (Å²) in [7, 11) is 0. The van der Waals surface area contributed by atoms with Crippen LogP contribution in [0.5, 0.6) is 0 Å². The van der Waals surface area contributed by atoms with Gasteiger partial charge in [0.1, 0.15) is 0 Å². The number of nitrogens with one attached hydrogen (secondary N) is 1. The molecule has 3 heterocycles. The Kier molecular flexibility index (Phi) is 5.35. The van der Waals surface area contributed by atoms with E-state index < -0.39 is 0 Å². The van der Waals surface area contributed by atoms with E-state index in [4.69, 9.17) is 0 Å². The van der Waals surface area contributed by atoms with Gasteiger partial charge in [0, 0.05) is 50.9 Å². The molecule has 0 radical (unpaired) electrons. The normalized spacial score (nSPS) is 26.1. The van der Waals surface area contributed by atoms with Crippen LogP contribution in [0.4, 0.5) is 5.69 Å². The molecule has 7 nitrogen and oxygen atoms in total. The van der Waals surface area contributed by atoms with Crippen molar-refractivity contribution < 1.29 is 14.4 Å². The molecule has 0 bridgehead atoms. The van der Waals surface area contributed by atoms with Crippen LogP contribution in [0.3, 0.4) is 0 Å². The largest absolute Gasteiger partial charge is 0.340 e. The maximum atomic E-state index is 13.1. The minimum absolute atomic E-state index is 0.00745. The zero-order chi connectivity index (χ0) is 19.7. The molecule has 0 spiro atoms. The number of anilines is 1. The highest BCUT2D eigenvalue weighted by molar-refractivity contribution is 6.00. The van der Waals surface area contributed by atoms with Gasteiger partial charge in [0.25, 0.3) is 0 Å². The summed E-state index contributed by atoms with van der Waals surface area (Å²) in [6.07, 6.45) is 2.10. The molecule has 1 aromatic rings. The second kappa shape index (κ2) is 7.91. The molecular weight excluding hydrogens is 356 g/mol. The van der Waals surface area contributed by atoms with Crippen LogP contribution in [0.25, 0.3) is 0 Å². The number of carbonyl (C=O) groups excluding carboxylic acids is 3. The van der Waals surface area contributed by atoms with Crippen LogP contribution in [0.2, 0.25) is 0 Å². The minimum Gasteiger partial charge on any atom is -0.340 e. The molecule has 0 saturated carbocycles. The third-order valence-electron chi connectivity index (χ3n) is 6.09. The molecule has 3 amide bonds. The first-order chi connectivity index (χ1) is 13.5. The van der Waals surface area contributed by atoms with E-state index in [1.807, 2.05) is 41.0 Å². The molecule has 28 heavy (non-hydrogen) atoms. The fourth-order valence-corrected chi connectivity index (χ4v) is 4.52. The third kappa shape index (κ3) is 3.76. The number of carbonyl (C=O) groups is 3. The fourth-order valence-electron chi connectivity index (χ4n) is 4.52. The van der Waals surface area contributed by atoms with E-state index in [9.17, 15) is 14.4 Å². The molecule has 3 fully saturated rings. The van der Waals surface area contributed by atoms with Gasteiger partial charge in [-0.3, -0.25) is 14.4 Å². The van der Waals surface area contributed by atoms with E-state index in [0.717, 1.165) is 30.6 Å². The Hall–Kier alpha value is -2.41. The van der Waals surface area contributed by atoms with Crippen molar-refractivity contribution in [2.75, 3.05) is 44.2 Å². The lowest BCUT2D eigenvalue weighted by Gasteiger charge is -2.41.